The number of likely N-dealkylation sites (N-methyl/N-ethyl adjacent to an activating group) is 1. The van der Waals surface area contributed by atoms with Crippen LogP contribution in [0.5, 0.6) is 0 Å². The molecule has 1 aromatic carbocycles. The largest absolute Gasteiger partial charge is 0.416 e. The van der Waals surface area contributed by atoms with E-state index in [4.69, 9.17) is 5.73 Å². The Morgan fingerprint density at radius 2 is 1.90 bits per heavy atom. The second-order valence-corrected chi connectivity index (χ2v) is 7.20. The van der Waals surface area contributed by atoms with Gasteiger partial charge in [-0.1, -0.05) is 39.8 Å². The third-order valence-electron chi connectivity index (χ3n) is 4.67. The van der Waals surface area contributed by atoms with Crippen LogP contribution in [0.2, 0.25) is 0 Å². The van der Waals surface area contributed by atoms with Crippen molar-refractivity contribution < 1.29 is 18.0 Å². The summed E-state index contributed by atoms with van der Waals surface area (Å²) in [6.45, 7) is 9.57. The van der Waals surface area contributed by atoms with Crippen LogP contribution in [-0.2, 0) is 11.0 Å². The molecule has 3 N–H and O–H groups in total. The number of amides is 1. The highest BCUT2D eigenvalue weighted by Gasteiger charge is 2.35. The SMILES string of the molecule is CC.CN=C(/C=C(\N)C(C)C)C(=O)NC(C)C1=NC(c2cccc(C(F)(F)F)c2)N1C. The van der Waals surface area contributed by atoms with Gasteiger partial charge in [0.05, 0.1) is 11.6 Å². The Morgan fingerprint density at radius 1 is 1.29 bits per heavy atom. The van der Waals surface area contributed by atoms with Crippen LogP contribution in [0.4, 0.5) is 13.2 Å². The summed E-state index contributed by atoms with van der Waals surface area (Å²) in [7, 11) is 3.22. The van der Waals surface area contributed by atoms with Crippen molar-refractivity contribution in [1.82, 2.24) is 10.2 Å². The molecule has 2 unspecified atom stereocenters. The second-order valence-electron chi connectivity index (χ2n) is 7.20. The fraction of sp³-hybridized carbons (Fsp3) is 0.500. The van der Waals surface area contributed by atoms with Crippen molar-refractivity contribution in [2.75, 3.05) is 14.1 Å². The lowest BCUT2D eigenvalue weighted by molar-refractivity contribution is -0.137. The Balaban J connectivity index is 0.00000233. The second kappa shape index (κ2) is 11.0. The smallest absolute Gasteiger partial charge is 0.402 e. The monoisotopic (exact) mass is 439 g/mol. The van der Waals surface area contributed by atoms with Gasteiger partial charge in [-0.25, -0.2) is 4.99 Å². The molecule has 2 atom stereocenters. The number of nitrogens with one attached hydrogen (secondary N) is 1. The maximum atomic E-state index is 12.9. The molecular weight excluding hydrogens is 407 g/mol. The highest BCUT2D eigenvalue weighted by atomic mass is 19.4. The Kier molecular flexibility index (Phi) is 9.27. The molecule has 6 nitrogen and oxygen atoms in total. The average Bonchev–Trinajstić information content (AvgIpc) is 2.71. The van der Waals surface area contributed by atoms with Crippen LogP contribution < -0.4 is 11.1 Å². The van der Waals surface area contributed by atoms with Gasteiger partial charge in [0, 0.05) is 19.8 Å². The molecule has 0 fully saturated rings. The van der Waals surface area contributed by atoms with Crippen LogP contribution in [-0.4, -0.2) is 42.5 Å². The lowest BCUT2D eigenvalue weighted by atomic mass is 10.0. The predicted molar refractivity (Wildman–Crippen MR) is 119 cm³/mol. The average molecular weight is 440 g/mol. The van der Waals surface area contributed by atoms with Gasteiger partial charge in [0.25, 0.3) is 5.91 Å². The van der Waals surface area contributed by atoms with Crippen molar-refractivity contribution in [1.29, 1.82) is 0 Å². The van der Waals surface area contributed by atoms with E-state index in [2.05, 4.69) is 15.3 Å². The fourth-order valence-electron chi connectivity index (χ4n) is 2.85. The van der Waals surface area contributed by atoms with E-state index >= 15 is 0 Å². The highest BCUT2D eigenvalue weighted by Crippen LogP contribution is 2.35. The van der Waals surface area contributed by atoms with Crippen LogP contribution in [0.25, 0.3) is 0 Å². The predicted octanol–water partition coefficient (Wildman–Crippen LogP) is 4.15. The van der Waals surface area contributed by atoms with Gasteiger partial charge >= 0.3 is 6.18 Å². The first kappa shape index (κ1) is 26.2. The summed E-state index contributed by atoms with van der Waals surface area (Å²) in [5, 5.41) is 2.79. The Hall–Kier alpha value is -2.84. The number of hydrogen-bond donors (Lipinski definition) is 2. The van der Waals surface area contributed by atoms with E-state index in [1.54, 1.807) is 24.9 Å². The maximum absolute atomic E-state index is 12.9. The molecule has 31 heavy (non-hydrogen) atoms. The molecule has 1 heterocycles. The normalized spacial score (nSPS) is 18.0. The van der Waals surface area contributed by atoms with E-state index in [0.717, 1.165) is 12.1 Å². The minimum absolute atomic E-state index is 0.0762. The van der Waals surface area contributed by atoms with E-state index in [9.17, 15) is 18.0 Å². The molecule has 1 amide bonds. The standard InChI is InChI=1S/C20H26F3N5O.C2H6/c1-11(2)15(24)10-16(25-4)19(29)26-12(3)17-27-18(28(17)5)13-7-6-8-14(9-13)20(21,22)23;1-2/h6-12,18H,24H2,1-5H3,(H,26,29);1-2H3/b15-10-,25-16?;. The minimum atomic E-state index is -4.41. The number of allylic oxidation sites excluding steroid dienone is 1. The summed E-state index contributed by atoms with van der Waals surface area (Å²) in [6.07, 6.45) is -3.40. The molecule has 0 saturated heterocycles. The van der Waals surface area contributed by atoms with E-state index in [1.807, 2.05) is 27.7 Å². The number of aliphatic imine (C=N–C) groups is 2. The van der Waals surface area contributed by atoms with Crippen molar-refractivity contribution in [2.24, 2.45) is 21.6 Å². The zero-order valence-electron chi connectivity index (χ0n) is 19.1. The van der Waals surface area contributed by atoms with Gasteiger partial charge in [-0.05, 0) is 36.6 Å². The minimum Gasteiger partial charge on any atom is -0.402 e. The first-order valence-corrected chi connectivity index (χ1v) is 10.2. The zero-order chi connectivity index (χ0) is 23.9. The first-order chi connectivity index (χ1) is 14.5. The molecule has 9 heteroatoms. The van der Waals surface area contributed by atoms with Crippen LogP contribution in [0.3, 0.4) is 0 Å². The molecule has 172 valence electrons. The molecule has 0 aromatic heterocycles. The van der Waals surface area contributed by atoms with E-state index in [-0.39, 0.29) is 11.6 Å². The van der Waals surface area contributed by atoms with Gasteiger partial charge in [0.1, 0.15) is 17.7 Å². The van der Waals surface area contributed by atoms with Crippen molar-refractivity contribution in [3.63, 3.8) is 0 Å². The molecule has 1 aliphatic rings. The van der Waals surface area contributed by atoms with Crippen molar-refractivity contribution in [3.8, 4) is 0 Å². The molecule has 1 aromatic rings. The third kappa shape index (κ3) is 6.57. The molecule has 0 aliphatic carbocycles. The van der Waals surface area contributed by atoms with Crippen LogP contribution in [0.1, 0.15) is 51.9 Å². The molecule has 0 saturated carbocycles. The molecular formula is C22H32F3N5O. The summed E-state index contributed by atoms with van der Waals surface area (Å²) in [4.78, 5) is 22.6. The quantitative estimate of drug-likeness (QED) is 0.654. The highest BCUT2D eigenvalue weighted by molar-refractivity contribution is 6.43. The lowest BCUT2D eigenvalue weighted by Crippen LogP contribution is -2.53. The zero-order valence-corrected chi connectivity index (χ0v) is 19.1. The summed E-state index contributed by atoms with van der Waals surface area (Å²) >= 11 is 0. The van der Waals surface area contributed by atoms with E-state index in [0.29, 0.717) is 17.1 Å². The summed E-state index contributed by atoms with van der Waals surface area (Å²) in [6, 6.07) is 4.63. The number of hydrogen-bond acceptors (Lipinski definition) is 5. The third-order valence-corrected chi connectivity index (χ3v) is 4.67. The van der Waals surface area contributed by atoms with E-state index in [1.165, 1.54) is 19.2 Å². The van der Waals surface area contributed by atoms with Gasteiger partial charge in [-0.15, -0.1) is 0 Å². The molecule has 2 rings (SSSR count). The number of halogens is 3. The van der Waals surface area contributed by atoms with Crippen LogP contribution >= 0.6 is 0 Å². The van der Waals surface area contributed by atoms with Gasteiger partial charge in [0.2, 0.25) is 0 Å². The molecule has 1 aliphatic heterocycles. The van der Waals surface area contributed by atoms with Crippen molar-refractivity contribution in [3.05, 3.63) is 47.2 Å². The number of amidine groups is 1. The number of alkyl halides is 3. The number of carbonyl (C=O) groups is 1. The first-order valence-electron chi connectivity index (χ1n) is 10.2. The van der Waals surface area contributed by atoms with Crippen LogP contribution in [0, 0.1) is 5.92 Å². The Bertz CT molecular complexity index is 859. The summed E-state index contributed by atoms with van der Waals surface area (Å²) in [5.41, 5.74) is 6.35. The van der Waals surface area contributed by atoms with Gasteiger partial charge in [0.15, 0.2) is 0 Å². The maximum Gasteiger partial charge on any atom is 0.416 e. The summed E-state index contributed by atoms with van der Waals surface area (Å²) < 4.78 is 38.8. The van der Waals surface area contributed by atoms with Gasteiger partial charge < -0.3 is 16.0 Å². The van der Waals surface area contributed by atoms with E-state index < -0.39 is 29.9 Å². The number of nitrogens with zero attached hydrogens (tertiary/aromatic N) is 3. The fourth-order valence-corrected chi connectivity index (χ4v) is 2.85. The Labute approximate surface area is 182 Å². The van der Waals surface area contributed by atoms with Gasteiger partial charge in [-0.2, -0.15) is 13.2 Å². The number of rotatable bonds is 6. The van der Waals surface area contributed by atoms with Crippen molar-refractivity contribution >= 4 is 17.5 Å². The molecule has 0 bridgehead atoms. The number of nitrogens with two attached hydrogens (primary N) is 1. The number of carbonyl (C=O) groups excluding carboxylic acids is 1. The topological polar surface area (TPSA) is 83.1 Å². The molecule has 0 spiro atoms. The Morgan fingerprint density at radius 3 is 2.39 bits per heavy atom. The van der Waals surface area contributed by atoms with Crippen LogP contribution in [0.15, 0.2) is 46.0 Å². The number of benzene rings is 1. The lowest BCUT2D eigenvalue weighted by Gasteiger charge is -2.40. The van der Waals surface area contributed by atoms with Gasteiger partial charge in [-0.3, -0.25) is 9.79 Å². The summed E-state index contributed by atoms with van der Waals surface area (Å²) in [5.74, 6) is 0.242. The van der Waals surface area contributed by atoms with Crippen molar-refractivity contribution in [2.45, 2.75) is 53.0 Å². The molecule has 0 radical (unpaired) electrons.